The van der Waals surface area contributed by atoms with Crippen molar-refractivity contribution in [2.24, 2.45) is 23.7 Å². The molecule has 0 aromatic rings. The quantitative estimate of drug-likeness (QED) is 0.307. The maximum absolute atomic E-state index is 10.7. The highest BCUT2D eigenvalue weighted by atomic mass is 16.5. The van der Waals surface area contributed by atoms with Gasteiger partial charge in [-0.15, -0.1) is 0 Å². The lowest BCUT2D eigenvalue weighted by atomic mass is 9.69. The third-order valence-corrected chi connectivity index (χ3v) is 7.07. The van der Waals surface area contributed by atoms with Gasteiger partial charge >= 0.3 is 5.97 Å². The van der Waals surface area contributed by atoms with Gasteiger partial charge in [-0.2, -0.15) is 0 Å². The molecule has 0 unspecified atom stereocenters. The molecule has 2 saturated carbocycles. The molecule has 0 amide bonds. The van der Waals surface area contributed by atoms with Crippen molar-refractivity contribution in [3.8, 4) is 0 Å². The summed E-state index contributed by atoms with van der Waals surface area (Å²) in [7, 11) is 0. The number of hydrogen-bond donors (Lipinski definition) is 1. The predicted molar refractivity (Wildman–Crippen MR) is 112 cm³/mol. The molecule has 1 N–H and O–H groups in total. The van der Waals surface area contributed by atoms with Gasteiger partial charge in [0.1, 0.15) is 0 Å². The van der Waals surface area contributed by atoms with Crippen LogP contribution in [0.25, 0.3) is 0 Å². The molecule has 0 aliphatic heterocycles. The normalized spacial score (nSPS) is 28.8. The standard InChI is InChI=1S/C24H42O3/c1-3-7-20-9-13-22(14-10-20)23-15-11-21(12-16-23)18-27-17-6-4-5-8-19(2)24(25)26/h20-23H,2-18H2,1H3,(H,25,26). The van der Waals surface area contributed by atoms with Crippen molar-refractivity contribution in [2.45, 2.75) is 96.8 Å². The van der Waals surface area contributed by atoms with Crippen LogP contribution in [0, 0.1) is 23.7 Å². The highest BCUT2D eigenvalue weighted by Gasteiger charge is 2.30. The molecule has 0 radical (unpaired) electrons. The topological polar surface area (TPSA) is 46.5 Å². The Bertz CT molecular complexity index is 429. The summed E-state index contributed by atoms with van der Waals surface area (Å²) < 4.78 is 5.91. The first kappa shape index (κ1) is 22.5. The van der Waals surface area contributed by atoms with Crippen LogP contribution in [-0.4, -0.2) is 24.3 Å². The second kappa shape index (κ2) is 12.6. The Kier molecular flexibility index (Phi) is 10.5. The van der Waals surface area contributed by atoms with Gasteiger partial charge in [0.2, 0.25) is 0 Å². The Morgan fingerprint density at radius 1 is 0.926 bits per heavy atom. The summed E-state index contributed by atoms with van der Waals surface area (Å²) in [6.07, 6.45) is 17.9. The lowest BCUT2D eigenvalue weighted by molar-refractivity contribution is -0.132. The van der Waals surface area contributed by atoms with Crippen molar-refractivity contribution in [3.05, 3.63) is 12.2 Å². The molecular weight excluding hydrogens is 336 g/mol. The zero-order valence-corrected chi connectivity index (χ0v) is 17.6. The fraction of sp³-hybridized carbons (Fsp3) is 0.875. The van der Waals surface area contributed by atoms with Crippen LogP contribution in [0.15, 0.2) is 12.2 Å². The fourth-order valence-corrected chi connectivity index (χ4v) is 5.26. The Hall–Kier alpha value is -0.830. The van der Waals surface area contributed by atoms with Gasteiger partial charge < -0.3 is 9.84 Å². The Morgan fingerprint density at radius 3 is 2.07 bits per heavy atom. The number of unbranched alkanes of at least 4 members (excludes halogenated alkanes) is 2. The molecule has 0 heterocycles. The van der Waals surface area contributed by atoms with Gasteiger partial charge in [0.05, 0.1) is 0 Å². The Morgan fingerprint density at radius 2 is 1.52 bits per heavy atom. The highest BCUT2D eigenvalue weighted by Crippen LogP contribution is 2.42. The molecule has 2 aliphatic carbocycles. The maximum atomic E-state index is 10.7. The molecule has 2 fully saturated rings. The first-order chi connectivity index (χ1) is 13.1. The fourth-order valence-electron chi connectivity index (χ4n) is 5.26. The smallest absolute Gasteiger partial charge is 0.330 e. The van der Waals surface area contributed by atoms with Crippen LogP contribution < -0.4 is 0 Å². The Balaban J connectivity index is 1.47. The number of rotatable bonds is 12. The maximum Gasteiger partial charge on any atom is 0.330 e. The van der Waals surface area contributed by atoms with Gasteiger partial charge in [0.15, 0.2) is 0 Å². The van der Waals surface area contributed by atoms with Crippen LogP contribution >= 0.6 is 0 Å². The van der Waals surface area contributed by atoms with Crippen LogP contribution in [0.1, 0.15) is 96.8 Å². The second-order valence-electron chi connectivity index (χ2n) is 9.14. The van der Waals surface area contributed by atoms with Crippen LogP contribution in [0.4, 0.5) is 0 Å². The summed E-state index contributed by atoms with van der Waals surface area (Å²) in [5, 5.41) is 8.78. The number of ether oxygens (including phenoxy) is 1. The van der Waals surface area contributed by atoms with Crippen molar-refractivity contribution in [1.29, 1.82) is 0 Å². The van der Waals surface area contributed by atoms with E-state index in [0.29, 0.717) is 12.0 Å². The van der Waals surface area contributed by atoms with E-state index in [2.05, 4.69) is 13.5 Å². The molecule has 2 aliphatic rings. The van der Waals surface area contributed by atoms with Gasteiger partial charge in [-0.3, -0.25) is 0 Å². The first-order valence-electron chi connectivity index (χ1n) is 11.6. The van der Waals surface area contributed by atoms with E-state index in [4.69, 9.17) is 9.84 Å². The van der Waals surface area contributed by atoms with E-state index in [-0.39, 0.29) is 0 Å². The third kappa shape index (κ3) is 8.37. The molecule has 27 heavy (non-hydrogen) atoms. The van der Waals surface area contributed by atoms with Crippen LogP contribution in [0.2, 0.25) is 0 Å². The molecule has 0 bridgehead atoms. The first-order valence-corrected chi connectivity index (χ1v) is 11.6. The summed E-state index contributed by atoms with van der Waals surface area (Å²) in [6, 6.07) is 0. The second-order valence-corrected chi connectivity index (χ2v) is 9.14. The number of carbonyl (C=O) groups is 1. The minimum Gasteiger partial charge on any atom is -0.478 e. The van der Waals surface area contributed by atoms with Crippen LogP contribution in [0.5, 0.6) is 0 Å². The lowest BCUT2D eigenvalue weighted by Crippen LogP contribution is -2.27. The lowest BCUT2D eigenvalue weighted by Gasteiger charge is -2.37. The van der Waals surface area contributed by atoms with Gasteiger partial charge in [0, 0.05) is 18.8 Å². The van der Waals surface area contributed by atoms with Crippen molar-refractivity contribution in [2.75, 3.05) is 13.2 Å². The molecule has 0 saturated heterocycles. The molecule has 0 atom stereocenters. The number of carboxylic acids is 1. The summed E-state index contributed by atoms with van der Waals surface area (Å²) in [4.78, 5) is 10.7. The molecule has 156 valence electrons. The van der Waals surface area contributed by atoms with Crippen LogP contribution in [-0.2, 0) is 9.53 Å². The summed E-state index contributed by atoms with van der Waals surface area (Å²) in [5.41, 5.74) is 0.325. The van der Waals surface area contributed by atoms with Crippen molar-refractivity contribution in [1.82, 2.24) is 0 Å². The van der Waals surface area contributed by atoms with Crippen LogP contribution in [0.3, 0.4) is 0 Å². The van der Waals surface area contributed by atoms with E-state index in [9.17, 15) is 4.79 Å². The third-order valence-electron chi connectivity index (χ3n) is 7.07. The molecule has 2 rings (SSSR count). The largest absolute Gasteiger partial charge is 0.478 e. The van der Waals surface area contributed by atoms with Gasteiger partial charge in [-0.05, 0) is 81.5 Å². The van der Waals surface area contributed by atoms with Gasteiger partial charge in [0.25, 0.3) is 0 Å². The zero-order valence-electron chi connectivity index (χ0n) is 17.6. The number of hydrogen-bond acceptors (Lipinski definition) is 2. The van der Waals surface area contributed by atoms with Gasteiger partial charge in [-0.25, -0.2) is 4.79 Å². The van der Waals surface area contributed by atoms with Gasteiger partial charge in [-0.1, -0.05) is 45.6 Å². The predicted octanol–water partition coefficient (Wildman–Crippen LogP) is 6.62. The summed E-state index contributed by atoms with van der Waals surface area (Å²) >= 11 is 0. The summed E-state index contributed by atoms with van der Waals surface area (Å²) in [5.74, 6) is 2.94. The Labute approximate surface area is 167 Å². The number of carboxylic acid groups (broad SMARTS) is 1. The van der Waals surface area contributed by atoms with E-state index in [1.165, 1.54) is 64.2 Å². The molecule has 0 spiro atoms. The van der Waals surface area contributed by atoms with Crippen molar-refractivity contribution in [3.63, 3.8) is 0 Å². The average molecular weight is 379 g/mol. The molecule has 0 aromatic heterocycles. The van der Waals surface area contributed by atoms with Crippen molar-refractivity contribution < 1.29 is 14.6 Å². The van der Waals surface area contributed by atoms with Crippen molar-refractivity contribution >= 4 is 5.97 Å². The zero-order chi connectivity index (χ0) is 19.5. The van der Waals surface area contributed by atoms with E-state index in [1.54, 1.807) is 0 Å². The van der Waals surface area contributed by atoms with E-state index < -0.39 is 5.97 Å². The molecular formula is C24H42O3. The average Bonchev–Trinajstić information content (AvgIpc) is 2.68. The van der Waals surface area contributed by atoms with E-state index in [1.807, 2.05) is 0 Å². The summed E-state index contributed by atoms with van der Waals surface area (Å²) in [6.45, 7) is 7.64. The molecule has 0 aromatic carbocycles. The minimum atomic E-state index is -0.865. The SMILES string of the molecule is C=C(CCCCCOCC1CCC(C2CCC(CCC)CC2)CC1)C(=O)O. The molecule has 3 heteroatoms. The van der Waals surface area contributed by atoms with E-state index in [0.717, 1.165) is 56.1 Å². The minimum absolute atomic E-state index is 0.325. The molecule has 3 nitrogen and oxygen atoms in total. The van der Waals surface area contributed by atoms with E-state index >= 15 is 0 Å². The monoisotopic (exact) mass is 378 g/mol. The highest BCUT2D eigenvalue weighted by molar-refractivity contribution is 5.85. The number of aliphatic carboxylic acids is 1.